The van der Waals surface area contributed by atoms with E-state index in [1.807, 2.05) is 24.3 Å². The Labute approximate surface area is 122 Å². The van der Waals surface area contributed by atoms with Crippen LogP contribution in [0.4, 0.5) is 5.69 Å². The quantitative estimate of drug-likeness (QED) is 0.631. The number of anilines is 1. The lowest BCUT2D eigenvalue weighted by molar-refractivity contribution is -0.121. The zero-order valence-electron chi connectivity index (χ0n) is 11.9. The molecule has 2 N–H and O–H groups in total. The van der Waals surface area contributed by atoms with Gasteiger partial charge in [0.05, 0.1) is 25.3 Å². The number of hydrazone groups is 1. The number of amides is 1. The Hall–Kier alpha value is -2.76. The van der Waals surface area contributed by atoms with Crippen molar-refractivity contribution >= 4 is 17.8 Å². The summed E-state index contributed by atoms with van der Waals surface area (Å²) in [6.45, 7) is 1.74. The molecule has 110 valence electrons. The molecule has 0 aliphatic rings. The number of carbonyl (C=O) groups excluding carboxylic acids is 1. The van der Waals surface area contributed by atoms with Gasteiger partial charge in [-0.15, -0.1) is 0 Å². The summed E-state index contributed by atoms with van der Waals surface area (Å²) in [5, 5.41) is 6.90. The predicted octanol–water partition coefficient (Wildman–Crippen LogP) is 2.24. The molecule has 1 aromatic carbocycles. The van der Waals surface area contributed by atoms with E-state index in [9.17, 15) is 4.79 Å². The topological polar surface area (TPSA) is 75.9 Å². The second kappa shape index (κ2) is 7.14. The monoisotopic (exact) mass is 287 g/mol. The smallest absolute Gasteiger partial charge is 0.262 e. The van der Waals surface area contributed by atoms with E-state index in [1.54, 1.807) is 26.2 Å². The molecule has 2 rings (SSSR count). The van der Waals surface area contributed by atoms with Crippen molar-refractivity contribution in [3.63, 3.8) is 0 Å². The normalized spacial score (nSPS) is 12.1. The Morgan fingerprint density at radius 1 is 1.33 bits per heavy atom. The van der Waals surface area contributed by atoms with Gasteiger partial charge >= 0.3 is 0 Å². The van der Waals surface area contributed by atoms with E-state index in [1.165, 1.54) is 12.5 Å². The second-order valence-corrected chi connectivity index (χ2v) is 4.32. The fraction of sp³-hybridized carbons (Fsp3) is 0.200. The van der Waals surface area contributed by atoms with Crippen LogP contribution in [0, 0.1) is 0 Å². The first-order chi connectivity index (χ1) is 10.2. The van der Waals surface area contributed by atoms with Crippen molar-refractivity contribution in [1.29, 1.82) is 0 Å². The van der Waals surface area contributed by atoms with Gasteiger partial charge in [0.2, 0.25) is 0 Å². The number of nitrogens with zero attached hydrogens (tertiary/aromatic N) is 1. The van der Waals surface area contributed by atoms with E-state index in [0.29, 0.717) is 11.5 Å². The van der Waals surface area contributed by atoms with Gasteiger partial charge in [0, 0.05) is 0 Å². The van der Waals surface area contributed by atoms with E-state index in [-0.39, 0.29) is 5.91 Å². The van der Waals surface area contributed by atoms with Crippen LogP contribution in [0.1, 0.15) is 12.7 Å². The summed E-state index contributed by atoms with van der Waals surface area (Å²) in [5.41, 5.74) is 3.19. The number of nitrogens with one attached hydrogen (secondary N) is 2. The standard InChI is InChI=1S/C15H17N3O3/c1-11(17-13-7-3-4-8-14(13)20-2)15(19)18-16-10-12-6-5-9-21-12/h3-11,17H,1-2H3,(H,18,19)/b16-10-/t11-/m1/s1. The van der Waals surface area contributed by atoms with Gasteiger partial charge in [0.15, 0.2) is 0 Å². The molecule has 1 amide bonds. The van der Waals surface area contributed by atoms with Crippen molar-refractivity contribution in [3.05, 3.63) is 48.4 Å². The minimum atomic E-state index is -0.463. The molecule has 0 bridgehead atoms. The number of methoxy groups -OCH3 is 1. The summed E-state index contributed by atoms with van der Waals surface area (Å²) >= 11 is 0. The molecule has 1 heterocycles. The van der Waals surface area contributed by atoms with Crippen LogP contribution < -0.4 is 15.5 Å². The Kier molecular flexibility index (Phi) is 4.98. The highest BCUT2D eigenvalue weighted by Gasteiger charge is 2.13. The van der Waals surface area contributed by atoms with Crippen LogP contribution >= 0.6 is 0 Å². The first-order valence-corrected chi connectivity index (χ1v) is 6.46. The number of rotatable bonds is 6. The van der Waals surface area contributed by atoms with Gasteiger partial charge in [-0.05, 0) is 31.2 Å². The Morgan fingerprint density at radius 2 is 2.14 bits per heavy atom. The molecule has 0 unspecified atom stereocenters. The maximum atomic E-state index is 11.9. The first-order valence-electron chi connectivity index (χ1n) is 6.46. The van der Waals surface area contributed by atoms with Crippen LogP contribution in [-0.2, 0) is 4.79 Å². The van der Waals surface area contributed by atoms with Crippen molar-refractivity contribution in [3.8, 4) is 5.75 Å². The molecule has 0 fully saturated rings. The van der Waals surface area contributed by atoms with Crippen LogP contribution in [0.15, 0.2) is 52.2 Å². The molecule has 0 saturated carbocycles. The minimum Gasteiger partial charge on any atom is -0.495 e. The average molecular weight is 287 g/mol. The average Bonchev–Trinajstić information content (AvgIpc) is 3.01. The number of ether oxygens (including phenoxy) is 1. The summed E-state index contributed by atoms with van der Waals surface area (Å²) < 4.78 is 10.3. The number of hydrogen-bond acceptors (Lipinski definition) is 5. The molecule has 6 nitrogen and oxygen atoms in total. The number of para-hydroxylation sites is 2. The van der Waals surface area contributed by atoms with E-state index in [4.69, 9.17) is 9.15 Å². The Morgan fingerprint density at radius 3 is 2.86 bits per heavy atom. The molecule has 21 heavy (non-hydrogen) atoms. The molecule has 0 radical (unpaired) electrons. The lowest BCUT2D eigenvalue weighted by atomic mass is 10.2. The minimum absolute atomic E-state index is 0.260. The van der Waals surface area contributed by atoms with Gasteiger partial charge in [-0.2, -0.15) is 5.10 Å². The molecule has 1 atom stereocenters. The molecular weight excluding hydrogens is 270 g/mol. The van der Waals surface area contributed by atoms with Crippen molar-refractivity contribution in [2.45, 2.75) is 13.0 Å². The maximum absolute atomic E-state index is 11.9. The Bertz CT molecular complexity index is 608. The summed E-state index contributed by atoms with van der Waals surface area (Å²) in [7, 11) is 1.58. The fourth-order valence-electron chi connectivity index (χ4n) is 1.68. The number of hydrogen-bond donors (Lipinski definition) is 2. The highest BCUT2D eigenvalue weighted by atomic mass is 16.5. The summed E-state index contributed by atoms with van der Waals surface area (Å²) in [4.78, 5) is 11.9. The second-order valence-electron chi connectivity index (χ2n) is 4.32. The lowest BCUT2D eigenvalue weighted by Gasteiger charge is -2.15. The molecular formula is C15H17N3O3. The van der Waals surface area contributed by atoms with E-state index >= 15 is 0 Å². The van der Waals surface area contributed by atoms with Crippen molar-refractivity contribution < 1.29 is 13.9 Å². The zero-order valence-corrected chi connectivity index (χ0v) is 11.9. The third-order valence-electron chi connectivity index (χ3n) is 2.78. The Balaban J connectivity index is 1.90. The van der Waals surface area contributed by atoms with Gasteiger partial charge in [-0.1, -0.05) is 12.1 Å². The zero-order chi connectivity index (χ0) is 15.1. The van der Waals surface area contributed by atoms with Crippen LogP contribution in [0.25, 0.3) is 0 Å². The molecule has 0 spiro atoms. The van der Waals surface area contributed by atoms with Crippen LogP contribution in [0.2, 0.25) is 0 Å². The molecule has 6 heteroatoms. The van der Waals surface area contributed by atoms with Crippen molar-refractivity contribution in [1.82, 2.24) is 5.43 Å². The molecule has 1 aromatic heterocycles. The van der Waals surface area contributed by atoms with Gasteiger partial charge in [-0.25, -0.2) is 5.43 Å². The summed E-state index contributed by atoms with van der Waals surface area (Å²) in [6.07, 6.45) is 2.97. The third-order valence-corrected chi connectivity index (χ3v) is 2.78. The van der Waals surface area contributed by atoms with E-state index < -0.39 is 6.04 Å². The fourth-order valence-corrected chi connectivity index (χ4v) is 1.68. The van der Waals surface area contributed by atoms with E-state index in [0.717, 1.165) is 5.69 Å². The SMILES string of the molecule is COc1ccccc1N[C@H](C)C(=O)N/N=C\c1ccco1. The van der Waals surface area contributed by atoms with Gasteiger partial charge in [0.25, 0.3) is 5.91 Å². The van der Waals surface area contributed by atoms with Gasteiger partial charge in [0.1, 0.15) is 17.6 Å². The lowest BCUT2D eigenvalue weighted by Crippen LogP contribution is -2.35. The first kappa shape index (κ1) is 14.6. The summed E-state index contributed by atoms with van der Waals surface area (Å²) in [6, 6.07) is 10.4. The molecule has 2 aromatic rings. The molecule has 0 aliphatic heterocycles. The predicted molar refractivity (Wildman–Crippen MR) is 80.5 cm³/mol. The highest BCUT2D eigenvalue weighted by Crippen LogP contribution is 2.23. The number of carbonyl (C=O) groups is 1. The number of benzene rings is 1. The highest BCUT2D eigenvalue weighted by molar-refractivity contribution is 5.86. The summed E-state index contributed by atoms with van der Waals surface area (Å²) in [5.74, 6) is 0.987. The van der Waals surface area contributed by atoms with Gasteiger partial charge < -0.3 is 14.5 Å². The van der Waals surface area contributed by atoms with E-state index in [2.05, 4.69) is 15.8 Å². The van der Waals surface area contributed by atoms with Crippen molar-refractivity contribution in [2.24, 2.45) is 5.10 Å². The third kappa shape index (κ3) is 4.10. The maximum Gasteiger partial charge on any atom is 0.262 e. The van der Waals surface area contributed by atoms with Crippen molar-refractivity contribution in [2.75, 3.05) is 12.4 Å². The van der Waals surface area contributed by atoms with Crippen LogP contribution in [0.3, 0.4) is 0 Å². The van der Waals surface area contributed by atoms with Crippen LogP contribution in [0.5, 0.6) is 5.75 Å². The van der Waals surface area contributed by atoms with Gasteiger partial charge in [-0.3, -0.25) is 4.79 Å². The molecule has 0 saturated heterocycles. The molecule has 0 aliphatic carbocycles. The van der Waals surface area contributed by atoms with Crippen LogP contribution in [-0.4, -0.2) is 25.3 Å². The largest absolute Gasteiger partial charge is 0.495 e. The number of furan rings is 1.